The third kappa shape index (κ3) is 3.65. The molecule has 1 aliphatic rings. The summed E-state index contributed by atoms with van der Waals surface area (Å²) >= 11 is 0. The first-order valence-electron chi connectivity index (χ1n) is 8.34. The van der Waals surface area contributed by atoms with E-state index in [1.807, 2.05) is 24.3 Å². The fourth-order valence-electron chi connectivity index (χ4n) is 3.11. The molecule has 1 saturated carbocycles. The molecule has 1 atom stereocenters. The normalized spacial score (nSPS) is 15.0. The molecule has 3 rings (SSSR count). The van der Waals surface area contributed by atoms with Gasteiger partial charge in [0.1, 0.15) is 5.75 Å². The molecule has 1 unspecified atom stereocenters. The van der Waals surface area contributed by atoms with Gasteiger partial charge in [-0.15, -0.1) is 0 Å². The summed E-state index contributed by atoms with van der Waals surface area (Å²) in [7, 11) is 5.04. The summed E-state index contributed by atoms with van der Waals surface area (Å²) < 4.78 is 16.2. The molecule has 128 valence electrons. The molecule has 1 fully saturated rings. The average Bonchev–Trinajstić information content (AvgIpc) is 3.47. The van der Waals surface area contributed by atoms with Gasteiger partial charge in [-0.2, -0.15) is 0 Å². The molecule has 0 saturated heterocycles. The van der Waals surface area contributed by atoms with Crippen molar-refractivity contribution in [1.82, 2.24) is 5.32 Å². The quantitative estimate of drug-likeness (QED) is 0.797. The van der Waals surface area contributed by atoms with Crippen LogP contribution in [0.3, 0.4) is 0 Å². The van der Waals surface area contributed by atoms with E-state index >= 15 is 0 Å². The highest BCUT2D eigenvalue weighted by atomic mass is 16.5. The van der Waals surface area contributed by atoms with Crippen LogP contribution in [0.2, 0.25) is 0 Å². The molecule has 0 amide bonds. The Kier molecular flexibility index (Phi) is 5.26. The predicted octanol–water partition coefficient (Wildman–Crippen LogP) is 3.95. The average molecular weight is 327 g/mol. The third-order valence-corrected chi connectivity index (χ3v) is 4.57. The predicted molar refractivity (Wildman–Crippen MR) is 94.8 cm³/mol. The van der Waals surface area contributed by atoms with Crippen molar-refractivity contribution >= 4 is 0 Å². The van der Waals surface area contributed by atoms with Crippen molar-refractivity contribution in [2.75, 3.05) is 21.3 Å². The van der Waals surface area contributed by atoms with Crippen molar-refractivity contribution in [2.24, 2.45) is 5.92 Å². The van der Waals surface area contributed by atoms with Crippen LogP contribution in [0.4, 0.5) is 0 Å². The molecule has 4 nitrogen and oxygen atoms in total. The van der Waals surface area contributed by atoms with E-state index in [-0.39, 0.29) is 0 Å². The Balaban J connectivity index is 1.75. The molecule has 0 aromatic heterocycles. The van der Waals surface area contributed by atoms with Crippen molar-refractivity contribution in [1.29, 1.82) is 0 Å². The Morgan fingerprint density at radius 2 is 1.71 bits per heavy atom. The summed E-state index contributed by atoms with van der Waals surface area (Å²) in [6.45, 7) is 0.744. The number of ether oxygens (including phenoxy) is 3. The molecule has 0 aliphatic heterocycles. The number of methoxy groups -OCH3 is 3. The number of hydrogen-bond acceptors (Lipinski definition) is 4. The minimum atomic E-state index is 0.354. The lowest BCUT2D eigenvalue weighted by Crippen LogP contribution is -2.23. The fourth-order valence-corrected chi connectivity index (χ4v) is 3.11. The zero-order chi connectivity index (χ0) is 16.9. The van der Waals surface area contributed by atoms with Gasteiger partial charge < -0.3 is 19.5 Å². The largest absolute Gasteiger partial charge is 0.497 e. The van der Waals surface area contributed by atoms with E-state index in [9.17, 15) is 0 Å². The van der Waals surface area contributed by atoms with Gasteiger partial charge in [0.2, 0.25) is 0 Å². The highest BCUT2D eigenvalue weighted by Gasteiger charge is 2.32. The summed E-state index contributed by atoms with van der Waals surface area (Å²) in [4.78, 5) is 0. The lowest BCUT2D eigenvalue weighted by Gasteiger charge is -2.20. The first-order valence-corrected chi connectivity index (χ1v) is 8.34. The van der Waals surface area contributed by atoms with Crippen molar-refractivity contribution in [3.8, 4) is 17.2 Å². The minimum Gasteiger partial charge on any atom is -0.497 e. The Morgan fingerprint density at radius 3 is 2.29 bits per heavy atom. The van der Waals surface area contributed by atoms with Crippen molar-refractivity contribution in [2.45, 2.75) is 25.4 Å². The van der Waals surface area contributed by atoms with Crippen molar-refractivity contribution in [3.63, 3.8) is 0 Å². The van der Waals surface area contributed by atoms with Crippen LogP contribution in [0.5, 0.6) is 17.2 Å². The van der Waals surface area contributed by atoms with Crippen molar-refractivity contribution < 1.29 is 14.2 Å². The van der Waals surface area contributed by atoms with Gasteiger partial charge >= 0.3 is 0 Å². The Morgan fingerprint density at radius 1 is 0.958 bits per heavy atom. The van der Waals surface area contributed by atoms with Gasteiger partial charge in [0.05, 0.1) is 21.3 Å². The Hall–Kier alpha value is -2.20. The first-order chi connectivity index (χ1) is 11.8. The second-order valence-electron chi connectivity index (χ2n) is 6.12. The van der Waals surface area contributed by atoms with Crippen LogP contribution < -0.4 is 19.5 Å². The van der Waals surface area contributed by atoms with Gasteiger partial charge in [-0.25, -0.2) is 0 Å². The minimum absolute atomic E-state index is 0.354. The fraction of sp³-hybridized carbons (Fsp3) is 0.400. The van der Waals surface area contributed by atoms with Crippen LogP contribution in [-0.4, -0.2) is 21.3 Å². The molecule has 1 aliphatic carbocycles. The van der Waals surface area contributed by atoms with E-state index in [1.54, 1.807) is 21.3 Å². The standard InChI is InChI=1S/C20H25NO3/c1-22-17-11-9-15(10-12-17)19(14-7-8-14)21-13-16-5-4-6-18(23-2)20(16)24-3/h4-6,9-12,14,19,21H,7-8,13H2,1-3H3. The van der Waals surface area contributed by atoms with Crippen LogP contribution in [0, 0.1) is 5.92 Å². The second-order valence-corrected chi connectivity index (χ2v) is 6.12. The molecular formula is C20H25NO3. The maximum Gasteiger partial charge on any atom is 0.165 e. The second kappa shape index (κ2) is 7.58. The molecule has 0 bridgehead atoms. The number of nitrogens with one attached hydrogen (secondary N) is 1. The smallest absolute Gasteiger partial charge is 0.165 e. The van der Waals surface area contributed by atoms with Crippen LogP contribution in [0.15, 0.2) is 42.5 Å². The van der Waals surface area contributed by atoms with E-state index in [4.69, 9.17) is 14.2 Å². The van der Waals surface area contributed by atoms with E-state index < -0.39 is 0 Å². The van der Waals surface area contributed by atoms with E-state index in [2.05, 4.69) is 23.5 Å². The summed E-state index contributed by atoms with van der Waals surface area (Å²) in [5, 5.41) is 3.70. The highest BCUT2D eigenvalue weighted by molar-refractivity contribution is 5.46. The number of para-hydroxylation sites is 1. The van der Waals surface area contributed by atoms with Gasteiger partial charge in [0, 0.05) is 18.2 Å². The lowest BCUT2D eigenvalue weighted by atomic mass is 10.0. The zero-order valence-corrected chi connectivity index (χ0v) is 14.5. The lowest BCUT2D eigenvalue weighted by molar-refractivity contribution is 0.349. The first kappa shape index (κ1) is 16.7. The topological polar surface area (TPSA) is 39.7 Å². The number of benzene rings is 2. The van der Waals surface area contributed by atoms with Gasteiger partial charge in [-0.05, 0) is 42.5 Å². The maximum atomic E-state index is 5.53. The monoisotopic (exact) mass is 327 g/mol. The number of hydrogen-bond donors (Lipinski definition) is 1. The SMILES string of the molecule is COc1ccc(C(NCc2cccc(OC)c2OC)C2CC2)cc1. The molecule has 0 radical (unpaired) electrons. The highest BCUT2D eigenvalue weighted by Crippen LogP contribution is 2.42. The molecule has 2 aromatic carbocycles. The van der Waals surface area contributed by atoms with Gasteiger partial charge in [0.25, 0.3) is 0 Å². The molecule has 1 N–H and O–H groups in total. The van der Waals surface area contributed by atoms with Gasteiger partial charge in [-0.1, -0.05) is 24.3 Å². The summed E-state index contributed by atoms with van der Waals surface area (Å²) in [6.07, 6.45) is 2.55. The van der Waals surface area contributed by atoms with E-state index in [0.717, 1.165) is 29.4 Å². The maximum absolute atomic E-state index is 5.53. The molecular weight excluding hydrogens is 302 g/mol. The summed E-state index contributed by atoms with van der Waals surface area (Å²) in [5.41, 5.74) is 2.41. The van der Waals surface area contributed by atoms with Crippen LogP contribution in [-0.2, 0) is 6.54 Å². The molecule has 0 spiro atoms. The molecule has 24 heavy (non-hydrogen) atoms. The van der Waals surface area contributed by atoms with Gasteiger partial charge in [-0.3, -0.25) is 0 Å². The number of rotatable bonds is 8. The van der Waals surface area contributed by atoms with Crippen LogP contribution in [0.1, 0.15) is 30.0 Å². The molecule has 4 heteroatoms. The van der Waals surface area contributed by atoms with E-state index in [0.29, 0.717) is 12.0 Å². The summed E-state index contributed by atoms with van der Waals surface area (Å²) in [5.74, 6) is 3.17. The van der Waals surface area contributed by atoms with E-state index in [1.165, 1.54) is 18.4 Å². The molecule has 0 heterocycles. The zero-order valence-electron chi connectivity index (χ0n) is 14.5. The third-order valence-electron chi connectivity index (χ3n) is 4.57. The Labute approximate surface area is 143 Å². The van der Waals surface area contributed by atoms with Crippen LogP contribution >= 0.6 is 0 Å². The molecule has 2 aromatic rings. The van der Waals surface area contributed by atoms with Gasteiger partial charge in [0.15, 0.2) is 11.5 Å². The van der Waals surface area contributed by atoms with Crippen molar-refractivity contribution in [3.05, 3.63) is 53.6 Å². The van der Waals surface area contributed by atoms with Crippen LogP contribution in [0.25, 0.3) is 0 Å². The Bertz CT molecular complexity index is 665. The summed E-state index contributed by atoms with van der Waals surface area (Å²) in [6, 6.07) is 14.7.